The Bertz CT molecular complexity index is 387. The number of hydrogen-bond donors (Lipinski definition) is 1. The van der Waals surface area contributed by atoms with Gasteiger partial charge in [-0.25, -0.2) is 0 Å². The van der Waals surface area contributed by atoms with E-state index in [2.05, 4.69) is 39.9 Å². The summed E-state index contributed by atoms with van der Waals surface area (Å²) in [6.45, 7) is 3.09. The highest BCUT2D eigenvalue weighted by Gasteiger charge is 2.17. The Labute approximate surface area is 98.9 Å². The van der Waals surface area contributed by atoms with Crippen molar-refractivity contribution in [3.05, 3.63) is 28.2 Å². The number of amidine groups is 1. The quantitative estimate of drug-likeness (QED) is 0.824. The lowest BCUT2D eigenvalue weighted by Gasteiger charge is -2.30. The minimum Gasteiger partial charge on any atom is -0.330 e. The number of aryl methyl sites for hydroxylation is 1. The van der Waals surface area contributed by atoms with Crippen LogP contribution in [0.1, 0.15) is 24.8 Å². The summed E-state index contributed by atoms with van der Waals surface area (Å²) in [5, 5.41) is 7.95. The van der Waals surface area contributed by atoms with Crippen LogP contribution in [0.5, 0.6) is 0 Å². The largest absolute Gasteiger partial charge is 0.330 e. The summed E-state index contributed by atoms with van der Waals surface area (Å²) < 4.78 is 1.10. The SMILES string of the molecule is Cc1cc(Br)ccc1N1CCCCC1=N. The average Bonchev–Trinajstić information content (AvgIpc) is 2.20. The molecule has 1 aliphatic rings. The van der Waals surface area contributed by atoms with Gasteiger partial charge in [-0.05, 0) is 43.5 Å². The van der Waals surface area contributed by atoms with E-state index in [1.165, 1.54) is 17.7 Å². The zero-order chi connectivity index (χ0) is 10.8. The second kappa shape index (κ2) is 4.35. The smallest absolute Gasteiger partial charge is 0.100 e. The van der Waals surface area contributed by atoms with Gasteiger partial charge in [-0.2, -0.15) is 0 Å². The summed E-state index contributed by atoms with van der Waals surface area (Å²) in [5.41, 5.74) is 2.42. The molecule has 1 aromatic rings. The summed E-state index contributed by atoms with van der Waals surface area (Å²) in [6, 6.07) is 6.25. The molecule has 0 aromatic heterocycles. The van der Waals surface area contributed by atoms with Gasteiger partial charge in [0.15, 0.2) is 0 Å². The van der Waals surface area contributed by atoms with E-state index in [-0.39, 0.29) is 0 Å². The molecule has 1 heterocycles. The molecule has 0 amide bonds. The fourth-order valence-corrected chi connectivity index (χ4v) is 2.50. The molecule has 0 aliphatic carbocycles. The topological polar surface area (TPSA) is 27.1 Å². The van der Waals surface area contributed by atoms with Crippen molar-refractivity contribution in [3.63, 3.8) is 0 Å². The summed E-state index contributed by atoms with van der Waals surface area (Å²) in [7, 11) is 0. The van der Waals surface area contributed by atoms with Crippen LogP contribution >= 0.6 is 15.9 Å². The lowest BCUT2D eigenvalue weighted by Crippen LogP contribution is -2.35. The molecule has 2 rings (SSSR count). The van der Waals surface area contributed by atoms with Crippen LogP contribution in [-0.4, -0.2) is 12.4 Å². The molecule has 1 aromatic carbocycles. The van der Waals surface area contributed by atoms with E-state index in [9.17, 15) is 0 Å². The van der Waals surface area contributed by atoms with Crippen molar-refractivity contribution < 1.29 is 0 Å². The van der Waals surface area contributed by atoms with Crippen molar-refractivity contribution >= 4 is 27.5 Å². The molecule has 1 aliphatic heterocycles. The van der Waals surface area contributed by atoms with Crippen LogP contribution in [0.2, 0.25) is 0 Å². The second-order valence-electron chi connectivity index (χ2n) is 3.99. The summed E-state index contributed by atoms with van der Waals surface area (Å²) in [4.78, 5) is 2.13. The zero-order valence-electron chi connectivity index (χ0n) is 8.89. The van der Waals surface area contributed by atoms with Crippen molar-refractivity contribution in [3.8, 4) is 0 Å². The first kappa shape index (κ1) is 10.7. The highest BCUT2D eigenvalue weighted by Crippen LogP contribution is 2.27. The van der Waals surface area contributed by atoms with Crippen LogP contribution < -0.4 is 4.90 Å². The first-order chi connectivity index (χ1) is 7.18. The van der Waals surface area contributed by atoms with E-state index >= 15 is 0 Å². The van der Waals surface area contributed by atoms with E-state index < -0.39 is 0 Å². The van der Waals surface area contributed by atoms with Crippen molar-refractivity contribution in [2.24, 2.45) is 0 Å². The van der Waals surface area contributed by atoms with Gasteiger partial charge in [0.05, 0.1) is 0 Å². The molecule has 15 heavy (non-hydrogen) atoms. The van der Waals surface area contributed by atoms with Crippen LogP contribution in [0, 0.1) is 12.3 Å². The Morgan fingerprint density at radius 2 is 2.13 bits per heavy atom. The van der Waals surface area contributed by atoms with Gasteiger partial charge < -0.3 is 4.90 Å². The van der Waals surface area contributed by atoms with Crippen LogP contribution in [0.25, 0.3) is 0 Å². The van der Waals surface area contributed by atoms with Crippen LogP contribution in [0.15, 0.2) is 22.7 Å². The monoisotopic (exact) mass is 266 g/mol. The third kappa shape index (κ3) is 2.23. The number of anilines is 1. The number of rotatable bonds is 1. The van der Waals surface area contributed by atoms with Gasteiger partial charge in [-0.15, -0.1) is 0 Å². The Morgan fingerprint density at radius 1 is 1.33 bits per heavy atom. The Balaban J connectivity index is 2.31. The minimum absolute atomic E-state index is 0.756. The third-order valence-corrected chi connectivity index (χ3v) is 3.31. The lowest BCUT2D eigenvalue weighted by molar-refractivity contribution is 0.706. The minimum atomic E-state index is 0.756. The van der Waals surface area contributed by atoms with Gasteiger partial charge in [0.2, 0.25) is 0 Å². The Kier molecular flexibility index (Phi) is 3.10. The highest BCUT2D eigenvalue weighted by molar-refractivity contribution is 9.10. The van der Waals surface area contributed by atoms with Crippen LogP contribution in [0.3, 0.4) is 0 Å². The van der Waals surface area contributed by atoms with Gasteiger partial charge >= 0.3 is 0 Å². The van der Waals surface area contributed by atoms with Crippen molar-refractivity contribution in [2.75, 3.05) is 11.4 Å². The molecule has 1 fully saturated rings. The zero-order valence-corrected chi connectivity index (χ0v) is 10.5. The van der Waals surface area contributed by atoms with Gasteiger partial charge in [0.25, 0.3) is 0 Å². The summed E-state index contributed by atoms with van der Waals surface area (Å²) >= 11 is 3.46. The number of halogens is 1. The van der Waals surface area contributed by atoms with Crippen LogP contribution in [0.4, 0.5) is 5.69 Å². The first-order valence-corrected chi connectivity index (χ1v) is 6.09. The number of nitrogens with one attached hydrogen (secondary N) is 1. The predicted molar refractivity (Wildman–Crippen MR) is 67.8 cm³/mol. The molecule has 1 N–H and O–H groups in total. The molecule has 80 valence electrons. The van der Waals surface area contributed by atoms with E-state index in [1.807, 2.05) is 6.07 Å². The van der Waals surface area contributed by atoms with Gasteiger partial charge in [-0.3, -0.25) is 5.41 Å². The Morgan fingerprint density at radius 3 is 2.80 bits per heavy atom. The van der Waals surface area contributed by atoms with E-state index in [0.717, 1.165) is 29.7 Å². The van der Waals surface area contributed by atoms with E-state index in [1.54, 1.807) is 0 Å². The third-order valence-electron chi connectivity index (χ3n) is 2.82. The molecule has 3 heteroatoms. The molecule has 0 atom stereocenters. The fraction of sp³-hybridized carbons (Fsp3) is 0.417. The number of benzene rings is 1. The van der Waals surface area contributed by atoms with Crippen molar-refractivity contribution in [2.45, 2.75) is 26.2 Å². The van der Waals surface area contributed by atoms with Crippen molar-refractivity contribution in [1.82, 2.24) is 0 Å². The standard InChI is InChI=1S/C12H15BrN2/c1-9-8-10(13)5-6-11(9)15-7-3-2-4-12(15)14/h5-6,8,14H,2-4,7H2,1H3. The van der Waals surface area contributed by atoms with E-state index in [0.29, 0.717) is 0 Å². The molecule has 0 radical (unpaired) electrons. The van der Waals surface area contributed by atoms with Crippen molar-refractivity contribution in [1.29, 1.82) is 5.41 Å². The number of nitrogens with zero attached hydrogens (tertiary/aromatic N) is 1. The highest BCUT2D eigenvalue weighted by atomic mass is 79.9. The molecule has 0 spiro atoms. The Hall–Kier alpha value is -0.830. The summed E-state index contributed by atoms with van der Waals surface area (Å²) in [6.07, 6.45) is 3.26. The van der Waals surface area contributed by atoms with Gasteiger partial charge in [0, 0.05) is 23.1 Å². The first-order valence-electron chi connectivity index (χ1n) is 5.29. The average molecular weight is 267 g/mol. The number of piperidine rings is 1. The molecule has 2 nitrogen and oxygen atoms in total. The van der Waals surface area contributed by atoms with Gasteiger partial charge in [0.1, 0.15) is 5.84 Å². The second-order valence-corrected chi connectivity index (χ2v) is 4.90. The van der Waals surface area contributed by atoms with Crippen LogP contribution in [-0.2, 0) is 0 Å². The van der Waals surface area contributed by atoms with Gasteiger partial charge in [-0.1, -0.05) is 15.9 Å². The molecule has 0 saturated carbocycles. The summed E-state index contributed by atoms with van der Waals surface area (Å²) in [5.74, 6) is 0.756. The maximum atomic E-state index is 7.95. The number of hydrogen-bond acceptors (Lipinski definition) is 1. The maximum Gasteiger partial charge on any atom is 0.100 e. The molecular weight excluding hydrogens is 252 g/mol. The molecule has 0 bridgehead atoms. The predicted octanol–water partition coefficient (Wildman–Crippen LogP) is 3.73. The lowest BCUT2D eigenvalue weighted by atomic mass is 10.1. The van der Waals surface area contributed by atoms with E-state index in [4.69, 9.17) is 5.41 Å². The maximum absolute atomic E-state index is 7.95. The molecule has 0 unspecified atom stereocenters. The molecule has 1 saturated heterocycles. The normalized spacial score (nSPS) is 16.9. The molecular formula is C12H15BrN2. The fourth-order valence-electron chi connectivity index (χ4n) is 2.02.